The Morgan fingerprint density at radius 2 is 2.27 bits per heavy atom. The molecule has 1 atom stereocenters. The minimum atomic E-state index is -0.868. The predicted molar refractivity (Wildman–Crippen MR) is 42.5 cm³/mol. The minimum absolute atomic E-state index is 0.0689. The van der Waals surface area contributed by atoms with Crippen LogP contribution in [-0.4, -0.2) is 10.1 Å². The molecule has 0 spiro atoms. The first-order valence-electron chi connectivity index (χ1n) is 3.11. The Labute approximate surface area is 72.2 Å². The Morgan fingerprint density at radius 3 is 2.73 bits per heavy atom. The van der Waals surface area contributed by atoms with E-state index >= 15 is 0 Å². The molecule has 0 bridgehead atoms. The number of aliphatic hydroxyl groups is 1. The van der Waals surface area contributed by atoms with E-state index in [-0.39, 0.29) is 5.69 Å². The topological polar surface area (TPSA) is 33.1 Å². The maximum atomic E-state index is 12.8. The SMILES string of the molecule is C[C@@H](O)c1nc(Br)ccc1F. The molecule has 0 saturated carbocycles. The van der Waals surface area contributed by atoms with Crippen LogP contribution in [0.3, 0.4) is 0 Å². The van der Waals surface area contributed by atoms with Crippen LogP contribution in [0.5, 0.6) is 0 Å². The van der Waals surface area contributed by atoms with Gasteiger partial charge in [0.2, 0.25) is 0 Å². The summed E-state index contributed by atoms with van der Waals surface area (Å²) in [5.41, 5.74) is 0.0689. The first-order valence-corrected chi connectivity index (χ1v) is 3.90. The van der Waals surface area contributed by atoms with E-state index in [4.69, 9.17) is 5.11 Å². The minimum Gasteiger partial charge on any atom is -0.387 e. The summed E-state index contributed by atoms with van der Waals surface area (Å²) in [6.45, 7) is 1.47. The summed E-state index contributed by atoms with van der Waals surface area (Å²) in [5, 5.41) is 9.01. The highest BCUT2D eigenvalue weighted by Gasteiger charge is 2.09. The van der Waals surface area contributed by atoms with Crippen molar-refractivity contribution >= 4 is 15.9 Å². The summed E-state index contributed by atoms with van der Waals surface area (Å²) in [7, 11) is 0. The Bertz CT molecular complexity index is 265. The molecule has 1 N–H and O–H groups in total. The van der Waals surface area contributed by atoms with Crippen molar-refractivity contribution in [3.8, 4) is 0 Å². The van der Waals surface area contributed by atoms with Gasteiger partial charge in [0, 0.05) is 0 Å². The third-order valence-electron chi connectivity index (χ3n) is 1.23. The van der Waals surface area contributed by atoms with Crippen molar-refractivity contribution in [1.82, 2.24) is 4.98 Å². The van der Waals surface area contributed by atoms with Gasteiger partial charge in [-0.1, -0.05) is 0 Å². The largest absolute Gasteiger partial charge is 0.387 e. The second-order valence-electron chi connectivity index (χ2n) is 2.18. The molecule has 0 aliphatic carbocycles. The summed E-state index contributed by atoms with van der Waals surface area (Å²) in [4.78, 5) is 3.76. The number of aromatic nitrogens is 1. The quantitative estimate of drug-likeness (QED) is 0.734. The molecule has 4 heteroatoms. The van der Waals surface area contributed by atoms with Gasteiger partial charge in [-0.15, -0.1) is 0 Å². The van der Waals surface area contributed by atoms with Gasteiger partial charge >= 0.3 is 0 Å². The van der Waals surface area contributed by atoms with Crippen LogP contribution in [0.15, 0.2) is 16.7 Å². The zero-order valence-corrected chi connectivity index (χ0v) is 7.47. The Morgan fingerprint density at radius 1 is 1.64 bits per heavy atom. The lowest BCUT2D eigenvalue weighted by Gasteiger charge is -2.04. The maximum Gasteiger partial charge on any atom is 0.147 e. The highest BCUT2D eigenvalue weighted by Crippen LogP contribution is 2.16. The maximum absolute atomic E-state index is 12.8. The molecule has 0 radical (unpaired) electrons. The fourth-order valence-corrected chi connectivity index (χ4v) is 1.05. The summed E-state index contributed by atoms with van der Waals surface area (Å²) in [5.74, 6) is -0.483. The number of hydrogen-bond acceptors (Lipinski definition) is 2. The van der Waals surface area contributed by atoms with E-state index < -0.39 is 11.9 Å². The van der Waals surface area contributed by atoms with E-state index in [9.17, 15) is 4.39 Å². The van der Waals surface area contributed by atoms with Crippen molar-refractivity contribution in [1.29, 1.82) is 0 Å². The van der Waals surface area contributed by atoms with Gasteiger partial charge in [-0.05, 0) is 35.0 Å². The summed E-state index contributed by atoms with van der Waals surface area (Å²) in [6.07, 6.45) is -0.868. The van der Waals surface area contributed by atoms with Crippen LogP contribution in [0.4, 0.5) is 4.39 Å². The molecule has 0 unspecified atom stereocenters. The molecule has 0 aromatic carbocycles. The summed E-state index contributed by atoms with van der Waals surface area (Å²) >= 11 is 3.08. The molecule has 0 aliphatic rings. The van der Waals surface area contributed by atoms with Crippen molar-refractivity contribution in [2.75, 3.05) is 0 Å². The number of aliphatic hydroxyl groups excluding tert-OH is 1. The molecule has 0 amide bonds. The number of halogens is 2. The molecular formula is C7H7BrFNO. The van der Waals surface area contributed by atoms with Crippen molar-refractivity contribution < 1.29 is 9.50 Å². The normalized spacial score (nSPS) is 13.1. The van der Waals surface area contributed by atoms with Crippen LogP contribution < -0.4 is 0 Å². The third kappa shape index (κ3) is 1.97. The van der Waals surface area contributed by atoms with Crippen LogP contribution in [0.25, 0.3) is 0 Å². The molecule has 2 nitrogen and oxygen atoms in total. The Hall–Kier alpha value is -0.480. The van der Waals surface area contributed by atoms with Crippen molar-refractivity contribution in [2.24, 2.45) is 0 Å². The van der Waals surface area contributed by atoms with Gasteiger partial charge in [-0.2, -0.15) is 0 Å². The number of nitrogens with zero attached hydrogens (tertiary/aromatic N) is 1. The standard InChI is InChI=1S/C7H7BrFNO/c1-4(11)7-5(9)2-3-6(8)10-7/h2-4,11H,1H3/t4-/m1/s1. The van der Waals surface area contributed by atoms with Crippen LogP contribution in [0.2, 0.25) is 0 Å². The van der Waals surface area contributed by atoms with E-state index in [1.54, 1.807) is 0 Å². The Balaban J connectivity index is 3.13. The Kier molecular flexibility index (Phi) is 2.57. The lowest BCUT2D eigenvalue weighted by Crippen LogP contribution is -1.99. The van der Waals surface area contributed by atoms with Gasteiger partial charge in [0.25, 0.3) is 0 Å². The lowest BCUT2D eigenvalue weighted by molar-refractivity contribution is 0.188. The zero-order chi connectivity index (χ0) is 8.43. The molecule has 1 heterocycles. The number of rotatable bonds is 1. The monoisotopic (exact) mass is 219 g/mol. The van der Waals surface area contributed by atoms with Crippen LogP contribution in [0.1, 0.15) is 18.7 Å². The van der Waals surface area contributed by atoms with Gasteiger partial charge in [-0.25, -0.2) is 9.37 Å². The van der Waals surface area contributed by atoms with Gasteiger partial charge in [0.1, 0.15) is 16.1 Å². The molecule has 1 aromatic rings. The van der Waals surface area contributed by atoms with Crippen molar-refractivity contribution in [3.05, 3.63) is 28.2 Å². The van der Waals surface area contributed by atoms with E-state index in [1.165, 1.54) is 19.1 Å². The highest BCUT2D eigenvalue weighted by atomic mass is 79.9. The van der Waals surface area contributed by atoms with E-state index in [0.29, 0.717) is 4.60 Å². The highest BCUT2D eigenvalue weighted by molar-refractivity contribution is 9.10. The fraction of sp³-hybridized carbons (Fsp3) is 0.286. The summed E-state index contributed by atoms with van der Waals surface area (Å²) in [6, 6.07) is 2.75. The third-order valence-corrected chi connectivity index (χ3v) is 1.68. The second kappa shape index (κ2) is 3.28. The first-order chi connectivity index (χ1) is 5.11. The van der Waals surface area contributed by atoms with E-state index in [1.807, 2.05) is 0 Å². The molecule has 0 fully saturated rings. The number of pyridine rings is 1. The van der Waals surface area contributed by atoms with Gasteiger partial charge in [0.15, 0.2) is 0 Å². The average Bonchev–Trinajstić information content (AvgIpc) is 1.94. The molecule has 0 aliphatic heterocycles. The molecule has 60 valence electrons. The van der Waals surface area contributed by atoms with Gasteiger partial charge < -0.3 is 5.11 Å². The summed E-state index contributed by atoms with van der Waals surface area (Å²) < 4.78 is 13.3. The molecular weight excluding hydrogens is 213 g/mol. The van der Waals surface area contributed by atoms with Crippen molar-refractivity contribution in [3.63, 3.8) is 0 Å². The molecule has 0 saturated heterocycles. The van der Waals surface area contributed by atoms with Gasteiger partial charge in [0.05, 0.1) is 6.10 Å². The van der Waals surface area contributed by atoms with Crippen LogP contribution in [-0.2, 0) is 0 Å². The van der Waals surface area contributed by atoms with Gasteiger partial charge in [-0.3, -0.25) is 0 Å². The second-order valence-corrected chi connectivity index (χ2v) is 2.99. The van der Waals surface area contributed by atoms with Crippen molar-refractivity contribution in [2.45, 2.75) is 13.0 Å². The van der Waals surface area contributed by atoms with E-state index in [0.717, 1.165) is 0 Å². The fourth-order valence-electron chi connectivity index (χ4n) is 0.726. The van der Waals surface area contributed by atoms with E-state index in [2.05, 4.69) is 20.9 Å². The smallest absolute Gasteiger partial charge is 0.147 e. The molecule has 11 heavy (non-hydrogen) atoms. The lowest BCUT2D eigenvalue weighted by atomic mass is 10.2. The molecule has 1 aromatic heterocycles. The first kappa shape index (κ1) is 8.62. The predicted octanol–water partition coefficient (Wildman–Crippen LogP) is 2.04. The zero-order valence-electron chi connectivity index (χ0n) is 5.88. The van der Waals surface area contributed by atoms with Crippen LogP contribution >= 0.6 is 15.9 Å². The molecule has 1 rings (SSSR count). The average molecular weight is 220 g/mol. The number of hydrogen-bond donors (Lipinski definition) is 1. The van der Waals surface area contributed by atoms with Crippen LogP contribution in [0, 0.1) is 5.82 Å².